The van der Waals surface area contributed by atoms with Crippen molar-refractivity contribution < 1.29 is 9.47 Å². The fourth-order valence-electron chi connectivity index (χ4n) is 2.82. The molecule has 112 valence electrons. The molecule has 3 heteroatoms. The fraction of sp³-hybridized carbons (Fsp3) is 0.647. The van der Waals surface area contributed by atoms with Gasteiger partial charge in [0.15, 0.2) is 0 Å². The topological polar surface area (TPSA) is 30.5 Å². The number of rotatable bonds is 8. The predicted molar refractivity (Wildman–Crippen MR) is 82.6 cm³/mol. The maximum atomic E-state index is 5.68. The molecular formula is C17H27NO2. The van der Waals surface area contributed by atoms with Gasteiger partial charge in [-0.05, 0) is 43.1 Å². The standard InChI is InChI=1S/C17H27NO2/c1-19-16-7-9-17(10-8-16)20-14-13-18-12-11-15-5-3-2-4-6-15/h7-10,15,18H,2-6,11-14H2,1H3. The Balaban J connectivity index is 1.50. The van der Waals surface area contributed by atoms with Crippen LogP contribution in [0.25, 0.3) is 0 Å². The lowest BCUT2D eigenvalue weighted by atomic mass is 9.87. The molecule has 0 aromatic heterocycles. The Labute approximate surface area is 122 Å². The van der Waals surface area contributed by atoms with Crippen LogP contribution in [0.5, 0.6) is 11.5 Å². The van der Waals surface area contributed by atoms with Gasteiger partial charge >= 0.3 is 0 Å². The Kier molecular flexibility index (Phi) is 6.72. The van der Waals surface area contributed by atoms with E-state index in [9.17, 15) is 0 Å². The quantitative estimate of drug-likeness (QED) is 0.736. The Bertz CT molecular complexity index is 358. The SMILES string of the molecule is COc1ccc(OCCNCCC2CCCCC2)cc1. The smallest absolute Gasteiger partial charge is 0.119 e. The molecule has 1 aliphatic carbocycles. The van der Waals surface area contributed by atoms with Gasteiger partial charge in [-0.25, -0.2) is 0 Å². The van der Waals surface area contributed by atoms with Crippen LogP contribution in [-0.2, 0) is 0 Å². The molecule has 20 heavy (non-hydrogen) atoms. The zero-order valence-corrected chi connectivity index (χ0v) is 12.6. The van der Waals surface area contributed by atoms with Crippen LogP contribution >= 0.6 is 0 Å². The van der Waals surface area contributed by atoms with Gasteiger partial charge in [-0.3, -0.25) is 0 Å². The summed E-state index contributed by atoms with van der Waals surface area (Å²) in [5, 5.41) is 3.48. The van der Waals surface area contributed by atoms with Gasteiger partial charge in [0, 0.05) is 6.54 Å². The molecule has 0 atom stereocenters. The van der Waals surface area contributed by atoms with Crippen molar-refractivity contribution in [3.63, 3.8) is 0 Å². The van der Waals surface area contributed by atoms with Crippen LogP contribution in [0.2, 0.25) is 0 Å². The number of nitrogens with one attached hydrogen (secondary N) is 1. The largest absolute Gasteiger partial charge is 0.497 e. The van der Waals surface area contributed by atoms with Gasteiger partial charge in [-0.15, -0.1) is 0 Å². The third-order valence-corrected chi connectivity index (χ3v) is 4.06. The molecule has 1 aliphatic rings. The second kappa shape index (κ2) is 8.85. The summed E-state index contributed by atoms with van der Waals surface area (Å²) in [5.74, 6) is 2.72. The van der Waals surface area contributed by atoms with Crippen LogP contribution in [-0.4, -0.2) is 26.8 Å². The van der Waals surface area contributed by atoms with E-state index in [0.717, 1.165) is 37.1 Å². The Morgan fingerprint density at radius 3 is 2.40 bits per heavy atom. The molecule has 0 heterocycles. The Hall–Kier alpha value is -1.22. The van der Waals surface area contributed by atoms with E-state index in [2.05, 4.69) is 5.32 Å². The summed E-state index contributed by atoms with van der Waals surface area (Å²) in [6.45, 7) is 2.76. The third-order valence-electron chi connectivity index (χ3n) is 4.06. The highest BCUT2D eigenvalue weighted by Crippen LogP contribution is 2.25. The maximum Gasteiger partial charge on any atom is 0.119 e. The van der Waals surface area contributed by atoms with Gasteiger partial charge in [0.1, 0.15) is 18.1 Å². The van der Waals surface area contributed by atoms with Gasteiger partial charge in [-0.2, -0.15) is 0 Å². The van der Waals surface area contributed by atoms with Crippen LogP contribution in [0.1, 0.15) is 38.5 Å². The summed E-state index contributed by atoms with van der Waals surface area (Å²) in [7, 11) is 1.67. The third kappa shape index (κ3) is 5.41. The second-order valence-corrected chi connectivity index (χ2v) is 5.57. The molecule has 0 bridgehead atoms. The van der Waals surface area contributed by atoms with E-state index in [-0.39, 0.29) is 0 Å². The number of ether oxygens (including phenoxy) is 2. The first kappa shape index (κ1) is 15.2. The second-order valence-electron chi connectivity index (χ2n) is 5.57. The minimum absolute atomic E-state index is 0.719. The van der Waals surface area contributed by atoms with Gasteiger partial charge in [-0.1, -0.05) is 32.1 Å². The summed E-state index contributed by atoms with van der Waals surface area (Å²) in [5.41, 5.74) is 0. The highest BCUT2D eigenvalue weighted by atomic mass is 16.5. The van der Waals surface area contributed by atoms with Crippen LogP contribution in [0.4, 0.5) is 0 Å². The molecule has 0 amide bonds. The van der Waals surface area contributed by atoms with E-state index < -0.39 is 0 Å². The van der Waals surface area contributed by atoms with Gasteiger partial charge in [0.25, 0.3) is 0 Å². The van der Waals surface area contributed by atoms with E-state index in [1.54, 1.807) is 7.11 Å². The van der Waals surface area contributed by atoms with E-state index in [0.29, 0.717) is 0 Å². The number of hydrogen-bond donors (Lipinski definition) is 1. The van der Waals surface area contributed by atoms with Crippen LogP contribution in [0.3, 0.4) is 0 Å². The van der Waals surface area contributed by atoms with Crippen LogP contribution in [0.15, 0.2) is 24.3 Å². The first-order valence-corrected chi connectivity index (χ1v) is 7.86. The molecule has 1 saturated carbocycles. The molecule has 1 N–H and O–H groups in total. The molecule has 0 saturated heterocycles. The van der Waals surface area contributed by atoms with E-state index in [4.69, 9.17) is 9.47 Å². The summed E-state index contributed by atoms with van der Waals surface area (Å²) in [4.78, 5) is 0. The molecule has 1 fully saturated rings. The minimum Gasteiger partial charge on any atom is -0.497 e. The highest BCUT2D eigenvalue weighted by Gasteiger charge is 2.12. The predicted octanol–water partition coefficient (Wildman–Crippen LogP) is 3.63. The van der Waals surface area contributed by atoms with Crippen molar-refractivity contribution in [3.8, 4) is 11.5 Å². The Morgan fingerprint density at radius 2 is 1.70 bits per heavy atom. The zero-order chi connectivity index (χ0) is 14.0. The van der Waals surface area contributed by atoms with Crippen molar-refractivity contribution >= 4 is 0 Å². The van der Waals surface area contributed by atoms with Gasteiger partial charge in [0.05, 0.1) is 7.11 Å². The normalized spacial score (nSPS) is 16.1. The van der Waals surface area contributed by atoms with Crippen LogP contribution < -0.4 is 14.8 Å². The van der Waals surface area contributed by atoms with Crippen LogP contribution in [0, 0.1) is 5.92 Å². The molecule has 1 aromatic rings. The van der Waals surface area contributed by atoms with Crippen molar-refractivity contribution in [1.29, 1.82) is 0 Å². The highest BCUT2D eigenvalue weighted by molar-refractivity contribution is 5.31. The average Bonchev–Trinajstić information content (AvgIpc) is 2.52. The summed E-state index contributed by atoms with van der Waals surface area (Å²) in [6, 6.07) is 7.74. The van der Waals surface area contributed by atoms with Crippen molar-refractivity contribution in [2.45, 2.75) is 38.5 Å². The molecule has 0 aliphatic heterocycles. The van der Waals surface area contributed by atoms with Crippen molar-refractivity contribution in [2.75, 3.05) is 26.8 Å². The van der Waals surface area contributed by atoms with Crippen molar-refractivity contribution in [2.24, 2.45) is 5.92 Å². The molecule has 0 radical (unpaired) electrons. The summed E-state index contributed by atoms with van der Waals surface area (Å²) >= 11 is 0. The molecule has 0 spiro atoms. The van der Waals surface area contributed by atoms with Gasteiger partial charge in [0.2, 0.25) is 0 Å². The molecule has 1 aromatic carbocycles. The average molecular weight is 277 g/mol. The zero-order valence-electron chi connectivity index (χ0n) is 12.6. The summed E-state index contributed by atoms with van der Waals surface area (Å²) in [6.07, 6.45) is 8.51. The van der Waals surface area contributed by atoms with E-state index >= 15 is 0 Å². The number of methoxy groups -OCH3 is 1. The van der Waals surface area contributed by atoms with E-state index in [1.165, 1.54) is 38.5 Å². The Morgan fingerprint density at radius 1 is 1.00 bits per heavy atom. The molecular weight excluding hydrogens is 250 g/mol. The van der Waals surface area contributed by atoms with Crippen molar-refractivity contribution in [3.05, 3.63) is 24.3 Å². The first-order chi connectivity index (χ1) is 9.88. The van der Waals surface area contributed by atoms with Gasteiger partial charge < -0.3 is 14.8 Å². The fourth-order valence-corrected chi connectivity index (χ4v) is 2.82. The maximum absolute atomic E-state index is 5.68. The monoisotopic (exact) mass is 277 g/mol. The molecule has 0 unspecified atom stereocenters. The lowest BCUT2D eigenvalue weighted by Gasteiger charge is -2.21. The van der Waals surface area contributed by atoms with Crippen molar-refractivity contribution in [1.82, 2.24) is 5.32 Å². The minimum atomic E-state index is 0.719. The lowest BCUT2D eigenvalue weighted by molar-refractivity contribution is 0.301. The molecule has 3 nitrogen and oxygen atoms in total. The van der Waals surface area contributed by atoms with E-state index in [1.807, 2.05) is 24.3 Å². The number of hydrogen-bond acceptors (Lipinski definition) is 3. The first-order valence-electron chi connectivity index (χ1n) is 7.86. The summed E-state index contributed by atoms with van der Waals surface area (Å²) < 4.78 is 10.8. The molecule has 2 rings (SSSR count). The lowest BCUT2D eigenvalue weighted by Crippen LogP contribution is -2.24. The number of benzene rings is 1.